The number of carbonyl (C=O) groups is 1. The van der Waals surface area contributed by atoms with E-state index < -0.39 is 0 Å². The van der Waals surface area contributed by atoms with Crippen LogP contribution in [0.3, 0.4) is 0 Å². The third kappa shape index (κ3) is 4.97. The third-order valence-corrected chi connectivity index (χ3v) is 8.76. The Bertz CT molecular complexity index is 1520. The van der Waals surface area contributed by atoms with Crippen LogP contribution >= 0.6 is 15.9 Å². The summed E-state index contributed by atoms with van der Waals surface area (Å²) in [5.74, 6) is 0.0593. The molecule has 1 aliphatic heterocycles. The molecular formula is C31H33BrN4O2. The third-order valence-electron chi connectivity index (χ3n) is 8.10. The Morgan fingerprint density at radius 1 is 1.08 bits per heavy atom. The average Bonchev–Trinajstić information content (AvgIpc) is 3.72. The number of amides is 1. The molecule has 7 heteroatoms. The lowest BCUT2D eigenvalue weighted by atomic mass is 9.80. The summed E-state index contributed by atoms with van der Waals surface area (Å²) >= 11 is 3.80. The second kappa shape index (κ2) is 10.5. The SMILES string of the molecule is Cn1ccc(C2CCNCC2C(=O)N(Cc2cn(Cc3ccccc3)c3cccc(Br)c23)C2CC2)cc1=O. The zero-order valence-electron chi connectivity index (χ0n) is 21.6. The standard InChI is InChI=1S/C31H33BrN4O2/c1-34-15-13-22(16-29(34)37)25-12-14-33-17-26(25)31(38)36(24-10-11-24)20-23-19-35(18-21-6-3-2-4-7-21)28-9-5-8-27(32)30(23)28/h2-9,13,15-16,19,24-26,33H,10-12,14,17-18,20H2,1H3. The number of pyridine rings is 1. The van der Waals surface area contributed by atoms with Crippen LogP contribution < -0.4 is 10.9 Å². The first-order valence-corrected chi connectivity index (χ1v) is 14.3. The highest BCUT2D eigenvalue weighted by molar-refractivity contribution is 9.10. The van der Waals surface area contributed by atoms with E-state index in [9.17, 15) is 9.59 Å². The normalized spacial score (nSPS) is 19.5. The van der Waals surface area contributed by atoms with Gasteiger partial charge in [-0.3, -0.25) is 9.59 Å². The first-order valence-electron chi connectivity index (χ1n) is 13.5. The highest BCUT2D eigenvalue weighted by Crippen LogP contribution is 2.38. The molecule has 3 heterocycles. The highest BCUT2D eigenvalue weighted by Gasteiger charge is 2.40. The summed E-state index contributed by atoms with van der Waals surface area (Å²) in [6.45, 7) is 2.86. The van der Waals surface area contributed by atoms with Gasteiger partial charge in [0.05, 0.1) is 5.92 Å². The molecule has 2 aromatic carbocycles. The van der Waals surface area contributed by atoms with Crippen LogP contribution in [-0.4, -0.2) is 39.1 Å². The molecule has 2 aliphatic rings. The van der Waals surface area contributed by atoms with Crippen LogP contribution in [0.4, 0.5) is 0 Å². The number of carbonyl (C=O) groups excluding carboxylic acids is 1. The summed E-state index contributed by atoms with van der Waals surface area (Å²) in [4.78, 5) is 28.7. The molecule has 1 aliphatic carbocycles. The van der Waals surface area contributed by atoms with Crippen molar-refractivity contribution in [2.45, 2.75) is 44.3 Å². The minimum Gasteiger partial charge on any atom is -0.343 e. The van der Waals surface area contributed by atoms with E-state index >= 15 is 0 Å². The van der Waals surface area contributed by atoms with Gasteiger partial charge in [-0.25, -0.2) is 0 Å². The van der Waals surface area contributed by atoms with E-state index in [0.717, 1.165) is 48.0 Å². The summed E-state index contributed by atoms with van der Waals surface area (Å²) in [5, 5.41) is 4.62. The molecule has 6 rings (SSSR count). The lowest BCUT2D eigenvalue weighted by molar-refractivity contribution is -0.138. The van der Waals surface area contributed by atoms with Crippen molar-refractivity contribution in [2.75, 3.05) is 13.1 Å². The van der Waals surface area contributed by atoms with Gasteiger partial charge in [-0.1, -0.05) is 52.3 Å². The van der Waals surface area contributed by atoms with Gasteiger partial charge in [0.25, 0.3) is 5.56 Å². The number of halogens is 1. The van der Waals surface area contributed by atoms with Crippen molar-refractivity contribution in [1.29, 1.82) is 0 Å². The fourth-order valence-corrected chi connectivity index (χ4v) is 6.51. The summed E-state index contributed by atoms with van der Waals surface area (Å²) < 4.78 is 4.93. The lowest BCUT2D eigenvalue weighted by Gasteiger charge is -2.35. The first kappa shape index (κ1) is 25.1. The van der Waals surface area contributed by atoms with Gasteiger partial charge in [0.15, 0.2) is 0 Å². The number of hydrogen-bond acceptors (Lipinski definition) is 3. The number of fused-ring (bicyclic) bond motifs is 1. The number of aryl methyl sites for hydroxylation is 1. The molecule has 1 saturated heterocycles. The number of rotatable bonds is 7. The maximum atomic E-state index is 14.2. The molecule has 1 saturated carbocycles. The van der Waals surface area contributed by atoms with E-state index in [1.165, 1.54) is 16.5 Å². The molecule has 0 spiro atoms. The van der Waals surface area contributed by atoms with Crippen molar-refractivity contribution in [2.24, 2.45) is 13.0 Å². The Labute approximate surface area is 231 Å². The number of aromatic nitrogens is 2. The van der Waals surface area contributed by atoms with Crippen LogP contribution in [0.5, 0.6) is 0 Å². The van der Waals surface area contributed by atoms with Gasteiger partial charge in [-0.2, -0.15) is 0 Å². The fourth-order valence-electron chi connectivity index (χ4n) is 5.90. The van der Waals surface area contributed by atoms with E-state index in [0.29, 0.717) is 13.1 Å². The van der Waals surface area contributed by atoms with Crippen LogP contribution in [0.1, 0.15) is 41.9 Å². The van der Waals surface area contributed by atoms with Crippen molar-refractivity contribution >= 4 is 32.7 Å². The number of piperidine rings is 1. The van der Waals surface area contributed by atoms with Gasteiger partial charge >= 0.3 is 0 Å². The average molecular weight is 574 g/mol. The molecule has 6 nitrogen and oxygen atoms in total. The summed E-state index contributed by atoms with van der Waals surface area (Å²) in [6.07, 6.45) is 6.99. The monoisotopic (exact) mass is 572 g/mol. The molecule has 4 aromatic rings. The molecule has 1 amide bonds. The zero-order valence-corrected chi connectivity index (χ0v) is 23.2. The van der Waals surface area contributed by atoms with Crippen LogP contribution in [0.25, 0.3) is 10.9 Å². The van der Waals surface area contributed by atoms with Crippen molar-refractivity contribution in [3.8, 4) is 0 Å². The van der Waals surface area contributed by atoms with Gasteiger partial charge in [0, 0.05) is 66.6 Å². The number of nitrogens with zero attached hydrogens (tertiary/aromatic N) is 3. The molecule has 2 atom stereocenters. The van der Waals surface area contributed by atoms with Gasteiger partial charge in [-0.15, -0.1) is 0 Å². The Balaban J connectivity index is 1.33. The minimum atomic E-state index is -0.183. The summed E-state index contributed by atoms with van der Waals surface area (Å²) in [7, 11) is 1.76. The lowest BCUT2D eigenvalue weighted by Crippen LogP contribution is -2.47. The van der Waals surface area contributed by atoms with Crippen LogP contribution in [0.2, 0.25) is 0 Å². The molecule has 38 heavy (non-hydrogen) atoms. The number of benzene rings is 2. The molecule has 0 radical (unpaired) electrons. The van der Waals surface area contributed by atoms with Gasteiger partial charge < -0.3 is 19.4 Å². The van der Waals surface area contributed by atoms with Crippen LogP contribution in [0, 0.1) is 5.92 Å². The molecule has 2 unspecified atom stereocenters. The second-order valence-corrected chi connectivity index (χ2v) is 11.6. The molecular weight excluding hydrogens is 540 g/mol. The predicted octanol–water partition coefficient (Wildman–Crippen LogP) is 5.04. The maximum Gasteiger partial charge on any atom is 0.250 e. The molecule has 2 aromatic heterocycles. The van der Waals surface area contributed by atoms with Crippen molar-refractivity contribution in [3.05, 3.63) is 105 Å². The molecule has 2 fully saturated rings. The smallest absolute Gasteiger partial charge is 0.250 e. The van der Waals surface area contributed by atoms with Gasteiger partial charge in [-0.05, 0) is 66.6 Å². The zero-order chi connectivity index (χ0) is 26.2. The van der Waals surface area contributed by atoms with Crippen LogP contribution in [-0.2, 0) is 24.9 Å². The van der Waals surface area contributed by atoms with E-state index in [1.807, 2.05) is 18.3 Å². The Hall–Kier alpha value is -3.16. The quantitative estimate of drug-likeness (QED) is 0.337. The molecule has 0 bridgehead atoms. The second-order valence-electron chi connectivity index (χ2n) is 10.7. The molecule has 196 valence electrons. The van der Waals surface area contributed by atoms with E-state index in [4.69, 9.17) is 0 Å². The Kier molecular flexibility index (Phi) is 6.97. The Morgan fingerprint density at radius 2 is 1.89 bits per heavy atom. The van der Waals surface area contributed by atoms with E-state index in [2.05, 4.69) is 79.4 Å². The molecule has 1 N–H and O–H groups in total. The van der Waals surface area contributed by atoms with Crippen molar-refractivity contribution in [1.82, 2.24) is 19.4 Å². The van der Waals surface area contributed by atoms with Crippen LogP contribution in [0.15, 0.2) is 82.3 Å². The van der Waals surface area contributed by atoms with Crippen molar-refractivity contribution in [3.63, 3.8) is 0 Å². The fraction of sp³-hybridized carbons (Fsp3) is 0.355. The van der Waals surface area contributed by atoms with Gasteiger partial charge in [0.2, 0.25) is 5.91 Å². The first-order chi connectivity index (χ1) is 18.5. The summed E-state index contributed by atoms with van der Waals surface area (Å²) in [6, 6.07) is 20.8. The maximum absolute atomic E-state index is 14.2. The minimum absolute atomic E-state index is 0.0256. The highest BCUT2D eigenvalue weighted by atomic mass is 79.9. The predicted molar refractivity (Wildman–Crippen MR) is 154 cm³/mol. The largest absolute Gasteiger partial charge is 0.343 e. The van der Waals surface area contributed by atoms with E-state index in [-0.39, 0.29) is 29.3 Å². The summed E-state index contributed by atoms with van der Waals surface area (Å²) in [5.41, 5.74) is 4.53. The number of nitrogens with one attached hydrogen (secondary N) is 1. The van der Waals surface area contributed by atoms with Crippen molar-refractivity contribution < 1.29 is 4.79 Å². The topological polar surface area (TPSA) is 59.3 Å². The van der Waals surface area contributed by atoms with E-state index in [1.54, 1.807) is 17.7 Å². The van der Waals surface area contributed by atoms with Gasteiger partial charge in [0.1, 0.15) is 0 Å². The Morgan fingerprint density at radius 3 is 2.66 bits per heavy atom. The number of hydrogen-bond donors (Lipinski definition) is 1.